The molecule has 1 heterocycles. The van der Waals surface area contributed by atoms with Gasteiger partial charge >= 0.3 is 11.7 Å². The average Bonchev–Trinajstić information content (AvgIpc) is 2.94. The summed E-state index contributed by atoms with van der Waals surface area (Å²) in [5, 5.41) is 4.39. The fraction of sp³-hybridized carbons (Fsp3) is 0.188. The van der Waals surface area contributed by atoms with E-state index in [9.17, 15) is 4.79 Å². The molecule has 0 aliphatic rings. The molecule has 0 spiro atoms. The first kappa shape index (κ1) is 27.8. The summed E-state index contributed by atoms with van der Waals surface area (Å²) in [5.74, 6) is 0. The van der Waals surface area contributed by atoms with Crippen molar-refractivity contribution < 1.29 is 26.1 Å². The molecule has 0 aliphatic heterocycles. The summed E-state index contributed by atoms with van der Waals surface area (Å²) in [5.41, 5.74) is 1.22. The third kappa shape index (κ3) is 5.06. The van der Waals surface area contributed by atoms with E-state index in [1.54, 1.807) is 0 Å². The smallest absolute Gasteiger partial charge is 0.397 e. The van der Waals surface area contributed by atoms with Crippen LogP contribution in [0.15, 0.2) is 118 Å². The zero-order chi connectivity index (χ0) is 25.7. The Labute approximate surface area is 234 Å². The van der Waals surface area contributed by atoms with Gasteiger partial charge in [-0.1, -0.05) is 80.1 Å². The summed E-state index contributed by atoms with van der Waals surface area (Å²) < 4.78 is 11.0. The van der Waals surface area contributed by atoms with Crippen LogP contribution < -0.4 is 43.3 Å². The molecular formula is C32H31BrNO3P. The molecular weight excluding hydrogens is 557 g/mol. The summed E-state index contributed by atoms with van der Waals surface area (Å²) in [6.45, 7) is 4.43. The molecule has 5 rings (SSSR count). The van der Waals surface area contributed by atoms with E-state index in [0.717, 1.165) is 18.4 Å². The lowest BCUT2D eigenvalue weighted by Gasteiger charge is -2.35. The Bertz CT molecular complexity index is 1430. The Hall–Kier alpha value is -3.27. The molecule has 38 heavy (non-hydrogen) atoms. The van der Waals surface area contributed by atoms with Gasteiger partial charge in [0, 0.05) is 5.56 Å². The number of fused-ring (bicyclic) bond motifs is 1. The Morgan fingerprint density at radius 2 is 1.29 bits per heavy atom. The molecule has 5 aromatic rings. The molecule has 0 amide bonds. The van der Waals surface area contributed by atoms with Crippen LogP contribution in [-0.2, 0) is 0 Å². The highest BCUT2D eigenvalue weighted by Gasteiger charge is 2.53. The highest BCUT2D eigenvalue weighted by molar-refractivity contribution is 7.96. The predicted octanol–water partition coefficient (Wildman–Crippen LogP) is 3.43. The van der Waals surface area contributed by atoms with Gasteiger partial charge in [-0.15, -0.1) is 0 Å². The van der Waals surface area contributed by atoms with Crippen LogP contribution in [-0.4, -0.2) is 11.6 Å². The maximum atomic E-state index is 13.5. The van der Waals surface area contributed by atoms with Crippen LogP contribution >= 0.6 is 7.26 Å². The summed E-state index contributed by atoms with van der Waals surface area (Å²) >= 11 is 0. The van der Waals surface area contributed by atoms with Gasteiger partial charge in [0.1, 0.15) is 28.8 Å². The Kier molecular flexibility index (Phi) is 9.14. The zero-order valence-corrected chi connectivity index (χ0v) is 24.1. The van der Waals surface area contributed by atoms with Crippen LogP contribution in [0.3, 0.4) is 0 Å². The number of rotatable bonds is 9. The maximum Gasteiger partial charge on any atom is 0.397 e. The second-order valence-corrected chi connectivity index (χ2v) is 12.6. The average molecular weight is 588 g/mol. The van der Waals surface area contributed by atoms with Crippen molar-refractivity contribution >= 4 is 34.1 Å². The molecule has 1 aromatic heterocycles. The lowest BCUT2D eigenvalue weighted by molar-refractivity contribution is -0.00000936. The molecule has 0 saturated heterocycles. The second kappa shape index (κ2) is 12.5. The van der Waals surface area contributed by atoms with Crippen LogP contribution in [0.2, 0.25) is 0 Å². The van der Waals surface area contributed by atoms with Gasteiger partial charge in [0.05, 0.1) is 17.5 Å². The molecule has 0 N–H and O–H groups in total. The van der Waals surface area contributed by atoms with Crippen LogP contribution in [0, 0.1) is 0 Å². The number of hydrogen-bond donors (Lipinski definition) is 0. The van der Waals surface area contributed by atoms with Crippen molar-refractivity contribution in [3.05, 3.63) is 125 Å². The van der Waals surface area contributed by atoms with Crippen molar-refractivity contribution in [1.29, 1.82) is 0 Å². The fourth-order valence-electron chi connectivity index (χ4n) is 5.40. The van der Waals surface area contributed by atoms with Crippen molar-refractivity contribution in [2.45, 2.75) is 32.3 Å². The van der Waals surface area contributed by atoms with E-state index in [0.29, 0.717) is 17.5 Å². The molecule has 4 aromatic carbocycles. The second-order valence-electron chi connectivity index (χ2n) is 8.98. The number of hydrogen-bond acceptors (Lipinski definition) is 4. The molecule has 0 aliphatic carbocycles. The first-order chi connectivity index (χ1) is 18.2. The number of nitrogens with zero attached hydrogens (tertiary/aromatic N) is 1. The van der Waals surface area contributed by atoms with Gasteiger partial charge < -0.3 is 26.1 Å². The van der Waals surface area contributed by atoms with Crippen molar-refractivity contribution in [3.8, 4) is 6.08 Å². The molecule has 0 fully saturated rings. The lowest BCUT2D eigenvalue weighted by atomic mass is 10.0. The quantitative estimate of drug-likeness (QED) is 0.248. The highest BCUT2D eigenvalue weighted by Crippen LogP contribution is 2.68. The Balaban J connectivity index is 0.00000336. The number of ether oxygens (including phenoxy) is 1. The van der Waals surface area contributed by atoms with E-state index in [-0.39, 0.29) is 28.7 Å². The van der Waals surface area contributed by atoms with E-state index in [1.165, 1.54) is 15.9 Å². The standard InChI is InChI=1S/C32H31NO3P.BrH/c1-3-15-29(27-22-14-23-28-30(27)31(34)36-32(33-28)35-4-2)37(24-16-8-5-9-17-24,25-18-10-6-11-19-25)26-20-12-7-13-21-26;/h5-14,16-23,29H,3-4,15H2,1-2H3;1H/q+1;/p-1. The summed E-state index contributed by atoms with van der Waals surface area (Å²) in [4.78, 5) is 18.0. The molecule has 0 saturated carbocycles. The summed E-state index contributed by atoms with van der Waals surface area (Å²) in [7, 11) is -2.29. The van der Waals surface area contributed by atoms with Gasteiger partial charge in [0.15, 0.2) is 0 Å². The molecule has 1 unspecified atom stereocenters. The number of aromatic nitrogens is 1. The topological polar surface area (TPSA) is 52.3 Å². The summed E-state index contributed by atoms with van der Waals surface area (Å²) in [6, 6.07) is 38.3. The SMILES string of the molecule is CCCC(c1cccc2nc(OCC)oc(=O)c12)[P+](c1ccccc1)(c1ccccc1)c1ccccc1.[Br-]. The molecule has 1 atom stereocenters. The van der Waals surface area contributed by atoms with Gasteiger partial charge in [-0.05, 0) is 55.8 Å². The third-order valence-corrected chi connectivity index (χ3v) is 11.6. The Morgan fingerprint density at radius 1 is 0.763 bits per heavy atom. The fourth-order valence-corrected chi connectivity index (χ4v) is 10.6. The van der Waals surface area contributed by atoms with Gasteiger partial charge in [-0.25, -0.2) is 4.79 Å². The van der Waals surface area contributed by atoms with Crippen molar-refractivity contribution in [2.75, 3.05) is 6.61 Å². The van der Waals surface area contributed by atoms with Crippen LogP contribution in [0.25, 0.3) is 10.9 Å². The number of halogens is 1. The van der Waals surface area contributed by atoms with Gasteiger partial charge in [0.25, 0.3) is 0 Å². The third-order valence-electron chi connectivity index (χ3n) is 6.82. The van der Waals surface area contributed by atoms with Crippen molar-refractivity contribution in [2.24, 2.45) is 0 Å². The van der Waals surface area contributed by atoms with Crippen LogP contribution in [0.4, 0.5) is 0 Å². The van der Waals surface area contributed by atoms with E-state index in [1.807, 2.05) is 19.1 Å². The van der Waals surface area contributed by atoms with Gasteiger partial charge in [0.2, 0.25) is 0 Å². The molecule has 0 bridgehead atoms. The minimum Gasteiger partial charge on any atom is -1.00 e. The highest BCUT2D eigenvalue weighted by atomic mass is 79.9. The zero-order valence-electron chi connectivity index (χ0n) is 21.6. The minimum atomic E-state index is -2.29. The van der Waals surface area contributed by atoms with Crippen molar-refractivity contribution in [1.82, 2.24) is 4.98 Å². The van der Waals surface area contributed by atoms with Gasteiger partial charge in [-0.2, -0.15) is 4.98 Å². The van der Waals surface area contributed by atoms with E-state index >= 15 is 0 Å². The molecule has 4 nitrogen and oxygen atoms in total. The lowest BCUT2D eigenvalue weighted by Crippen LogP contribution is -3.00. The van der Waals surface area contributed by atoms with Gasteiger partial charge in [-0.3, -0.25) is 0 Å². The Morgan fingerprint density at radius 3 is 1.76 bits per heavy atom. The first-order valence-electron chi connectivity index (χ1n) is 12.8. The summed E-state index contributed by atoms with van der Waals surface area (Å²) in [6.07, 6.45) is 1.88. The molecule has 194 valence electrons. The number of benzene rings is 4. The van der Waals surface area contributed by atoms with Crippen LogP contribution in [0.5, 0.6) is 6.08 Å². The predicted molar refractivity (Wildman–Crippen MR) is 154 cm³/mol. The largest absolute Gasteiger partial charge is 1.00 e. The van der Waals surface area contributed by atoms with E-state index in [4.69, 9.17) is 9.15 Å². The maximum absolute atomic E-state index is 13.5. The molecule has 0 radical (unpaired) electrons. The monoisotopic (exact) mass is 587 g/mol. The van der Waals surface area contributed by atoms with Crippen molar-refractivity contribution in [3.63, 3.8) is 0 Å². The minimum absolute atomic E-state index is 0. The van der Waals surface area contributed by atoms with Crippen LogP contribution in [0.1, 0.15) is 37.9 Å². The van der Waals surface area contributed by atoms with E-state index < -0.39 is 12.9 Å². The first-order valence-corrected chi connectivity index (χ1v) is 14.7. The normalized spacial score (nSPS) is 12.1. The van der Waals surface area contributed by atoms with E-state index in [2.05, 4.69) is 109 Å². The molecule has 6 heteroatoms.